The predicted octanol–water partition coefficient (Wildman–Crippen LogP) is 3.27. The first-order chi connectivity index (χ1) is 10.3. The first kappa shape index (κ1) is 16.5. The number of nitrogens with one attached hydrogen (secondary N) is 2. The molecule has 0 spiro atoms. The molecular weight excluding hydrogens is 325 g/mol. The minimum Gasteiger partial charge on any atom is -0.323 e. The first-order valence-electron chi connectivity index (χ1n) is 6.69. The number of aromatic amines is 1. The smallest absolute Gasteiger partial charge is 0.264 e. The van der Waals surface area contributed by atoms with Crippen molar-refractivity contribution in [2.24, 2.45) is 0 Å². The van der Waals surface area contributed by atoms with Crippen molar-refractivity contribution in [3.63, 3.8) is 0 Å². The van der Waals surface area contributed by atoms with Crippen LogP contribution in [-0.4, -0.2) is 20.4 Å². The number of hydrogen-bond donors (Lipinski definition) is 2. The van der Waals surface area contributed by atoms with E-state index in [-0.39, 0.29) is 5.56 Å². The largest absolute Gasteiger partial charge is 0.323 e. The van der Waals surface area contributed by atoms with E-state index in [1.807, 2.05) is 6.92 Å². The molecule has 2 aromatic rings. The third-order valence-corrected chi connectivity index (χ3v) is 4.07. The van der Waals surface area contributed by atoms with Crippen molar-refractivity contribution < 1.29 is 4.79 Å². The number of carbonyl (C=O) groups is 1. The van der Waals surface area contributed by atoms with Gasteiger partial charge < -0.3 is 5.32 Å². The molecule has 2 rings (SSSR count). The zero-order valence-corrected chi connectivity index (χ0v) is 13.6. The zero-order valence-electron chi connectivity index (χ0n) is 12.1. The highest BCUT2D eigenvalue weighted by atomic mass is 35.5. The Kier molecular flexibility index (Phi) is 4.88. The third kappa shape index (κ3) is 3.67. The van der Waals surface area contributed by atoms with E-state index in [0.29, 0.717) is 17.8 Å². The van der Waals surface area contributed by atoms with Gasteiger partial charge in [-0.05, 0) is 31.0 Å². The molecule has 0 aliphatic carbocycles. The standard InChI is InChI=1S/C15H15Cl2N3O2/c1-3-15(16,17)14(22)18-11-6-4-10(5-7-11)13-9(2)8-12(21)19-20-13/h4-8H,3H2,1-2H3,(H,18,22)(H,19,21). The van der Waals surface area contributed by atoms with Crippen molar-refractivity contribution in [3.05, 3.63) is 46.2 Å². The minimum atomic E-state index is -1.45. The molecule has 0 aliphatic rings. The lowest BCUT2D eigenvalue weighted by Crippen LogP contribution is -2.31. The van der Waals surface area contributed by atoms with Crippen molar-refractivity contribution in [3.8, 4) is 11.3 Å². The fourth-order valence-electron chi connectivity index (χ4n) is 1.88. The van der Waals surface area contributed by atoms with Gasteiger partial charge >= 0.3 is 0 Å². The molecule has 0 unspecified atom stereocenters. The van der Waals surface area contributed by atoms with Crippen LogP contribution in [0.15, 0.2) is 35.1 Å². The van der Waals surface area contributed by atoms with Crippen LogP contribution in [0.25, 0.3) is 11.3 Å². The summed E-state index contributed by atoms with van der Waals surface area (Å²) in [4.78, 5) is 23.1. The number of halogens is 2. The van der Waals surface area contributed by atoms with Crippen molar-refractivity contribution >= 4 is 34.8 Å². The molecule has 1 heterocycles. The molecule has 0 radical (unpaired) electrons. The molecule has 2 N–H and O–H groups in total. The Balaban J connectivity index is 2.20. The summed E-state index contributed by atoms with van der Waals surface area (Å²) in [5.74, 6) is -0.468. The average Bonchev–Trinajstić information content (AvgIpc) is 2.48. The Hall–Kier alpha value is -1.85. The van der Waals surface area contributed by atoms with Crippen LogP contribution in [0.4, 0.5) is 5.69 Å². The van der Waals surface area contributed by atoms with Gasteiger partial charge in [-0.25, -0.2) is 5.10 Å². The molecular formula is C15H15Cl2N3O2. The second kappa shape index (κ2) is 6.50. The molecule has 5 nitrogen and oxygen atoms in total. The van der Waals surface area contributed by atoms with Gasteiger partial charge in [0.1, 0.15) is 0 Å². The van der Waals surface area contributed by atoms with Gasteiger partial charge in [-0.2, -0.15) is 5.10 Å². The number of alkyl halides is 2. The normalized spacial score (nSPS) is 11.3. The van der Waals surface area contributed by atoms with Crippen LogP contribution in [0.3, 0.4) is 0 Å². The number of aryl methyl sites for hydroxylation is 1. The van der Waals surface area contributed by atoms with Crippen LogP contribution in [0.5, 0.6) is 0 Å². The number of amides is 1. The second-order valence-electron chi connectivity index (χ2n) is 4.85. The van der Waals surface area contributed by atoms with Gasteiger partial charge in [0, 0.05) is 17.3 Å². The molecule has 1 amide bonds. The molecule has 7 heteroatoms. The lowest BCUT2D eigenvalue weighted by Gasteiger charge is -2.16. The van der Waals surface area contributed by atoms with E-state index < -0.39 is 10.2 Å². The molecule has 0 fully saturated rings. The molecule has 0 saturated carbocycles. The molecule has 1 aromatic carbocycles. The molecule has 0 saturated heterocycles. The molecule has 116 valence electrons. The molecule has 0 atom stereocenters. The molecule has 0 bridgehead atoms. The Morgan fingerprint density at radius 2 is 1.95 bits per heavy atom. The van der Waals surface area contributed by atoms with E-state index in [1.54, 1.807) is 31.2 Å². The number of hydrogen-bond acceptors (Lipinski definition) is 3. The van der Waals surface area contributed by atoms with Gasteiger partial charge in [-0.15, -0.1) is 0 Å². The van der Waals surface area contributed by atoms with E-state index in [9.17, 15) is 9.59 Å². The number of anilines is 1. The maximum atomic E-state index is 11.9. The van der Waals surface area contributed by atoms with Crippen LogP contribution in [0.1, 0.15) is 18.9 Å². The number of carbonyl (C=O) groups excluding carboxylic acids is 1. The van der Waals surface area contributed by atoms with Crippen LogP contribution >= 0.6 is 23.2 Å². The van der Waals surface area contributed by atoms with Crippen molar-refractivity contribution in [2.45, 2.75) is 24.6 Å². The average molecular weight is 340 g/mol. The van der Waals surface area contributed by atoms with E-state index in [0.717, 1.165) is 11.1 Å². The highest BCUT2D eigenvalue weighted by Crippen LogP contribution is 2.27. The fraction of sp³-hybridized carbons (Fsp3) is 0.267. The Morgan fingerprint density at radius 3 is 2.50 bits per heavy atom. The van der Waals surface area contributed by atoms with Crippen LogP contribution in [-0.2, 0) is 4.79 Å². The van der Waals surface area contributed by atoms with Gasteiger partial charge in [0.05, 0.1) is 5.69 Å². The summed E-state index contributed by atoms with van der Waals surface area (Å²) in [6, 6.07) is 8.51. The van der Waals surface area contributed by atoms with Gasteiger partial charge in [-0.1, -0.05) is 42.3 Å². The van der Waals surface area contributed by atoms with E-state index in [1.165, 1.54) is 6.07 Å². The summed E-state index contributed by atoms with van der Waals surface area (Å²) >= 11 is 11.8. The number of rotatable bonds is 4. The van der Waals surface area contributed by atoms with Gasteiger partial charge in [0.2, 0.25) is 0 Å². The maximum Gasteiger partial charge on any atom is 0.264 e. The quantitative estimate of drug-likeness (QED) is 0.839. The Labute approximate surface area is 137 Å². The summed E-state index contributed by atoms with van der Waals surface area (Å²) in [5.41, 5.74) is 2.60. The van der Waals surface area contributed by atoms with Gasteiger partial charge in [-0.3, -0.25) is 9.59 Å². The SMILES string of the molecule is CCC(Cl)(Cl)C(=O)Nc1ccc(-c2n[nH]c(=O)cc2C)cc1. The van der Waals surface area contributed by atoms with Gasteiger partial charge in [0.25, 0.3) is 11.5 Å². The summed E-state index contributed by atoms with van der Waals surface area (Å²) in [6.45, 7) is 3.54. The molecule has 22 heavy (non-hydrogen) atoms. The zero-order chi connectivity index (χ0) is 16.3. The predicted molar refractivity (Wildman–Crippen MR) is 88.4 cm³/mol. The van der Waals surface area contributed by atoms with Crippen molar-refractivity contribution in [1.29, 1.82) is 0 Å². The Morgan fingerprint density at radius 1 is 1.32 bits per heavy atom. The van der Waals surface area contributed by atoms with E-state index in [4.69, 9.17) is 23.2 Å². The topological polar surface area (TPSA) is 74.8 Å². The lowest BCUT2D eigenvalue weighted by atomic mass is 10.1. The summed E-state index contributed by atoms with van der Waals surface area (Å²) in [7, 11) is 0. The Bertz CT molecular complexity index is 739. The maximum absolute atomic E-state index is 11.9. The monoisotopic (exact) mass is 339 g/mol. The van der Waals surface area contributed by atoms with Crippen LogP contribution in [0, 0.1) is 6.92 Å². The highest BCUT2D eigenvalue weighted by molar-refractivity contribution is 6.59. The fourth-order valence-corrected chi connectivity index (χ4v) is 1.98. The summed E-state index contributed by atoms with van der Waals surface area (Å²) < 4.78 is -1.45. The van der Waals surface area contributed by atoms with Crippen molar-refractivity contribution in [2.75, 3.05) is 5.32 Å². The number of H-pyrrole nitrogens is 1. The van der Waals surface area contributed by atoms with Crippen LogP contribution in [0.2, 0.25) is 0 Å². The first-order valence-corrected chi connectivity index (χ1v) is 7.45. The minimum absolute atomic E-state index is 0.245. The van der Waals surface area contributed by atoms with Crippen LogP contribution < -0.4 is 10.9 Å². The lowest BCUT2D eigenvalue weighted by molar-refractivity contribution is -0.116. The van der Waals surface area contributed by atoms with Crippen molar-refractivity contribution in [1.82, 2.24) is 10.2 Å². The third-order valence-electron chi connectivity index (χ3n) is 3.19. The van der Waals surface area contributed by atoms with E-state index in [2.05, 4.69) is 15.5 Å². The number of benzene rings is 1. The summed E-state index contributed by atoms with van der Waals surface area (Å²) in [5, 5.41) is 9.08. The second-order valence-corrected chi connectivity index (χ2v) is 6.34. The van der Waals surface area contributed by atoms with E-state index >= 15 is 0 Å². The number of aromatic nitrogens is 2. The molecule has 0 aliphatic heterocycles. The number of nitrogens with zero attached hydrogens (tertiary/aromatic N) is 1. The van der Waals surface area contributed by atoms with Gasteiger partial charge in [0.15, 0.2) is 4.33 Å². The summed E-state index contributed by atoms with van der Waals surface area (Å²) in [6.07, 6.45) is 0.306. The highest BCUT2D eigenvalue weighted by Gasteiger charge is 2.31. The molecule has 1 aromatic heterocycles.